The Balaban J connectivity index is 1.80. The van der Waals surface area contributed by atoms with E-state index >= 15 is 0 Å². The van der Waals surface area contributed by atoms with Gasteiger partial charge in [-0.2, -0.15) is 0 Å². The number of nitrogens with one attached hydrogen (secondary N) is 3. The van der Waals surface area contributed by atoms with Gasteiger partial charge in [-0.1, -0.05) is 38.0 Å². The molecule has 1 aromatic rings. The lowest BCUT2D eigenvalue weighted by atomic mass is 9.78. The predicted molar refractivity (Wildman–Crippen MR) is 106 cm³/mol. The highest BCUT2D eigenvalue weighted by molar-refractivity contribution is 5.92. The molecule has 1 aliphatic carbocycles. The molecule has 0 saturated heterocycles. The minimum atomic E-state index is -0.296. The lowest BCUT2D eigenvalue weighted by molar-refractivity contribution is -0.136. The summed E-state index contributed by atoms with van der Waals surface area (Å²) in [6.07, 6.45) is 4.51. The highest BCUT2D eigenvalue weighted by Crippen LogP contribution is 2.30. The van der Waals surface area contributed by atoms with Crippen molar-refractivity contribution in [2.45, 2.75) is 52.4 Å². The van der Waals surface area contributed by atoms with Gasteiger partial charge in [-0.3, -0.25) is 14.4 Å². The molecule has 3 amide bonds. The Bertz CT molecular complexity index is 660. The predicted octanol–water partition coefficient (Wildman–Crippen LogP) is 2.77. The number of rotatable bonds is 8. The first-order valence-electron chi connectivity index (χ1n) is 9.93. The van der Waals surface area contributed by atoms with E-state index in [2.05, 4.69) is 16.0 Å². The number of carbonyl (C=O) groups excluding carboxylic acids is 3. The van der Waals surface area contributed by atoms with Crippen molar-refractivity contribution in [2.24, 2.45) is 11.8 Å². The lowest BCUT2D eigenvalue weighted by Crippen LogP contribution is -2.44. The van der Waals surface area contributed by atoms with Crippen LogP contribution in [0.4, 0.5) is 5.69 Å². The number of anilines is 1. The van der Waals surface area contributed by atoms with Crippen LogP contribution in [0.1, 0.15) is 51.0 Å². The van der Waals surface area contributed by atoms with Crippen molar-refractivity contribution in [1.82, 2.24) is 10.6 Å². The van der Waals surface area contributed by atoms with Crippen molar-refractivity contribution in [1.29, 1.82) is 0 Å². The number of carbonyl (C=O) groups is 3. The van der Waals surface area contributed by atoms with E-state index in [1.54, 1.807) is 0 Å². The monoisotopic (exact) mass is 373 g/mol. The first kappa shape index (κ1) is 20.9. The van der Waals surface area contributed by atoms with E-state index in [0.29, 0.717) is 6.54 Å². The van der Waals surface area contributed by atoms with Crippen LogP contribution in [0.25, 0.3) is 0 Å². The SMILES string of the molecule is CCCNC(=O)[C@H]1CCCC[C@H]1C(=O)NCCC(=O)Nc1ccccc1C. The third-order valence-corrected chi connectivity index (χ3v) is 5.06. The standard InChI is InChI=1S/C21H31N3O3/c1-3-13-22-20(26)16-9-5-6-10-17(16)21(27)23-14-12-19(25)24-18-11-7-4-8-15(18)2/h4,7-8,11,16-17H,3,5-6,9-10,12-14H2,1-2H3,(H,22,26)(H,23,27)(H,24,25)/t16-,17+/m0/s1. The lowest BCUT2D eigenvalue weighted by Gasteiger charge is -2.29. The summed E-state index contributed by atoms with van der Waals surface area (Å²) in [4.78, 5) is 37.0. The number of benzene rings is 1. The Morgan fingerprint density at radius 3 is 2.15 bits per heavy atom. The third-order valence-electron chi connectivity index (χ3n) is 5.06. The van der Waals surface area contributed by atoms with Gasteiger partial charge in [0.1, 0.15) is 0 Å². The summed E-state index contributed by atoms with van der Waals surface area (Å²) >= 11 is 0. The molecule has 2 rings (SSSR count). The Hall–Kier alpha value is -2.37. The first-order chi connectivity index (χ1) is 13.0. The van der Waals surface area contributed by atoms with Crippen LogP contribution >= 0.6 is 0 Å². The van der Waals surface area contributed by atoms with Crippen molar-refractivity contribution in [3.05, 3.63) is 29.8 Å². The fourth-order valence-electron chi connectivity index (χ4n) is 3.49. The molecule has 0 spiro atoms. The minimum Gasteiger partial charge on any atom is -0.356 e. The molecule has 1 aliphatic rings. The van der Waals surface area contributed by atoms with E-state index in [4.69, 9.17) is 0 Å². The molecule has 3 N–H and O–H groups in total. The van der Waals surface area contributed by atoms with E-state index in [-0.39, 0.29) is 42.5 Å². The molecular formula is C21H31N3O3. The van der Waals surface area contributed by atoms with Gasteiger partial charge in [0.05, 0.1) is 0 Å². The molecule has 1 fully saturated rings. The Kier molecular flexibility index (Phi) is 8.30. The number of hydrogen-bond donors (Lipinski definition) is 3. The Labute approximate surface area is 161 Å². The molecule has 27 heavy (non-hydrogen) atoms. The molecule has 0 aromatic heterocycles. The van der Waals surface area contributed by atoms with Gasteiger partial charge in [-0.05, 0) is 37.8 Å². The Morgan fingerprint density at radius 1 is 0.963 bits per heavy atom. The average molecular weight is 373 g/mol. The fourth-order valence-corrected chi connectivity index (χ4v) is 3.49. The maximum atomic E-state index is 12.6. The highest BCUT2D eigenvalue weighted by atomic mass is 16.2. The maximum absolute atomic E-state index is 12.6. The summed E-state index contributed by atoms with van der Waals surface area (Å²) in [5.41, 5.74) is 1.78. The van der Waals surface area contributed by atoms with E-state index in [1.807, 2.05) is 38.1 Å². The Morgan fingerprint density at radius 2 is 1.56 bits per heavy atom. The van der Waals surface area contributed by atoms with Crippen LogP contribution in [0.15, 0.2) is 24.3 Å². The zero-order valence-electron chi connectivity index (χ0n) is 16.3. The molecule has 148 valence electrons. The molecular weight excluding hydrogens is 342 g/mol. The van der Waals surface area contributed by atoms with Crippen LogP contribution in [0.5, 0.6) is 0 Å². The van der Waals surface area contributed by atoms with Gasteiger partial charge in [-0.15, -0.1) is 0 Å². The van der Waals surface area contributed by atoms with Crippen LogP contribution in [0.3, 0.4) is 0 Å². The van der Waals surface area contributed by atoms with Crippen LogP contribution in [-0.4, -0.2) is 30.8 Å². The van der Waals surface area contributed by atoms with E-state index in [1.165, 1.54) is 0 Å². The molecule has 0 bridgehead atoms. The van der Waals surface area contributed by atoms with E-state index in [0.717, 1.165) is 43.4 Å². The summed E-state index contributed by atoms with van der Waals surface area (Å²) in [5.74, 6) is -0.823. The van der Waals surface area contributed by atoms with Gasteiger partial charge in [-0.25, -0.2) is 0 Å². The van der Waals surface area contributed by atoms with Crippen LogP contribution in [0, 0.1) is 18.8 Å². The van der Waals surface area contributed by atoms with Crippen LogP contribution in [0.2, 0.25) is 0 Å². The summed E-state index contributed by atoms with van der Waals surface area (Å²) in [5, 5.41) is 8.61. The largest absolute Gasteiger partial charge is 0.356 e. The topological polar surface area (TPSA) is 87.3 Å². The second kappa shape index (κ2) is 10.7. The van der Waals surface area contributed by atoms with Crippen LogP contribution in [-0.2, 0) is 14.4 Å². The molecule has 1 saturated carbocycles. The van der Waals surface area contributed by atoms with Crippen molar-refractivity contribution in [3.63, 3.8) is 0 Å². The summed E-state index contributed by atoms with van der Waals surface area (Å²) in [6, 6.07) is 7.58. The van der Waals surface area contributed by atoms with Gasteiger partial charge in [0.15, 0.2) is 0 Å². The van der Waals surface area contributed by atoms with Gasteiger partial charge >= 0.3 is 0 Å². The molecule has 0 aliphatic heterocycles. The van der Waals surface area contributed by atoms with Crippen molar-refractivity contribution in [3.8, 4) is 0 Å². The average Bonchev–Trinajstić information content (AvgIpc) is 2.67. The number of para-hydroxylation sites is 1. The third kappa shape index (κ3) is 6.38. The highest BCUT2D eigenvalue weighted by Gasteiger charge is 2.35. The molecule has 6 nitrogen and oxygen atoms in total. The van der Waals surface area contributed by atoms with E-state index < -0.39 is 0 Å². The fraction of sp³-hybridized carbons (Fsp3) is 0.571. The zero-order chi connectivity index (χ0) is 19.6. The second-order valence-electron chi connectivity index (χ2n) is 7.19. The molecule has 2 atom stereocenters. The van der Waals surface area contributed by atoms with Crippen molar-refractivity contribution in [2.75, 3.05) is 18.4 Å². The summed E-state index contributed by atoms with van der Waals surface area (Å²) in [6.45, 7) is 4.86. The van der Waals surface area contributed by atoms with Crippen molar-refractivity contribution < 1.29 is 14.4 Å². The molecule has 6 heteroatoms. The molecule has 0 heterocycles. The van der Waals surface area contributed by atoms with Crippen molar-refractivity contribution >= 4 is 23.4 Å². The smallest absolute Gasteiger partial charge is 0.226 e. The van der Waals surface area contributed by atoms with Gasteiger partial charge in [0.2, 0.25) is 17.7 Å². The van der Waals surface area contributed by atoms with Gasteiger partial charge in [0, 0.05) is 37.0 Å². The number of hydrogen-bond acceptors (Lipinski definition) is 3. The maximum Gasteiger partial charge on any atom is 0.226 e. The van der Waals surface area contributed by atoms with Crippen LogP contribution < -0.4 is 16.0 Å². The number of aryl methyl sites for hydroxylation is 1. The first-order valence-corrected chi connectivity index (χ1v) is 9.93. The summed E-state index contributed by atoms with van der Waals surface area (Å²) < 4.78 is 0. The van der Waals surface area contributed by atoms with Gasteiger partial charge in [0.25, 0.3) is 0 Å². The minimum absolute atomic E-state index is 0.0194. The normalized spacial score (nSPS) is 19.2. The second-order valence-corrected chi connectivity index (χ2v) is 7.19. The quantitative estimate of drug-likeness (QED) is 0.655. The summed E-state index contributed by atoms with van der Waals surface area (Å²) in [7, 11) is 0. The van der Waals surface area contributed by atoms with Gasteiger partial charge < -0.3 is 16.0 Å². The zero-order valence-corrected chi connectivity index (χ0v) is 16.3. The number of amides is 3. The molecule has 0 unspecified atom stereocenters. The molecule has 0 radical (unpaired) electrons. The molecule has 1 aromatic carbocycles. The van der Waals surface area contributed by atoms with E-state index in [9.17, 15) is 14.4 Å².